The van der Waals surface area contributed by atoms with Gasteiger partial charge in [-0.1, -0.05) is 12.2 Å². The fourth-order valence-corrected chi connectivity index (χ4v) is 5.00. The van der Waals surface area contributed by atoms with Gasteiger partial charge in [0.25, 0.3) is 0 Å². The van der Waals surface area contributed by atoms with Gasteiger partial charge in [0.15, 0.2) is 5.78 Å². The second-order valence-corrected chi connectivity index (χ2v) is 8.91. The zero-order valence-corrected chi connectivity index (χ0v) is 15.8. The van der Waals surface area contributed by atoms with E-state index >= 15 is 0 Å². The molecule has 8 atom stereocenters. The van der Waals surface area contributed by atoms with Crippen molar-refractivity contribution in [3.8, 4) is 0 Å². The van der Waals surface area contributed by atoms with E-state index in [1.54, 1.807) is 6.92 Å². The number of epoxide rings is 2. The minimum atomic E-state index is -2.19. The molecule has 4 bridgehead atoms. The summed E-state index contributed by atoms with van der Waals surface area (Å²) < 4.78 is 22.7. The molecule has 28 heavy (non-hydrogen) atoms. The van der Waals surface area contributed by atoms with E-state index in [-0.39, 0.29) is 24.2 Å². The highest BCUT2D eigenvalue weighted by molar-refractivity contribution is 5.92. The van der Waals surface area contributed by atoms with Crippen LogP contribution in [0.15, 0.2) is 23.8 Å². The molecule has 152 valence electrons. The first kappa shape index (κ1) is 18.4. The number of carbonyl (C=O) groups excluding carboxylic acids is 2. The van der Waals surface area contributed by atoms with Gasteiger partial charge in [-0.15, -0.1) is 0 Å². The van der Waals surface area contributed by atoms with Gasteiger partial charge in [-0.05, 0) is 31.9 Å². The predicted molar refractivity (Wildman–Crippen MR) is 92.9 cm³/mol. The number of ether oxygens (including phenoxy) is 4. The van der Waals surface area contributed by atoms with Crippen molar-refractivity contribution in [3.05, 3.63) is 23.8 Å². The van der Waals surface area contributed by atoms with Crippen LogP contribution < -0.4 is 0 Å². The lowest BCUT2D eigenvalue weighted by atomic mass is 9.73. The summed E-state index contributed by atoms with van der Waals surface area (Å²) in [4.78, 5) is 25.2. The van der Waals surface area contributed by atoms with Crippen molar-refractivity contribution in [2.45, 2.75) is 74.5 Å². The molecule has 5 heterocycles. The van der Waals surface area contributed by atoms with E-state index in [0.717, 1.165) is 5.57 Å². The molecule has 0 saturated carbocycles. The maximum absolute atomic E-state index is 12.7. The maximum atomic E-state index is 12.7. The van der Waals surface area contributed by atoms with Crippen LogP contribution in [-0.2, 0) is 28.5 Å². The van der Waals surface area contributed by atoms with Crippen LogP contribution in [0, 0.1) is 5.92 Å². The van der Waals surface area contributed by atoms with E-state index in [1.165, 1.54) is 6.08 Å². The van der Waals surface area contributed by atoms with E-state index in [1.807, 2.05) is 6.92 Å². The van der Waals surface area contributed by atoms with E-state index in [2.05, 4.69) is 6.58 Å². The highest BCUT2D eigenvalue weighted by Gasteiger charge is 2.79. The van der Waals surface area contributed by atoms with E-state index < -0.39 is 53.3 Å². The van der Waals surface area contributed by atoms with Crippen LogP contribution in [0.4, 0.5) is 0 Å². The number of allylic oxidation sites excluding steroid dienone is 1. The van der Waals surface area contributed by atoms with Crippen molar-refractivity contribution in [1.82, 2.24) is 0 Å². The highest BCUT2D eigenvalue weighted by atomic mass is 16.7. The van der Waals surface area contributed by atoms with Crippen LogP contribution in [0.3, 0.4) is 0 Å². The van der Waals surface area contributed by atoms with Crippen LogP contribution in [0.2, 0.25) is 0 Å². The minimum absolute atomic E-state index is 0.0464. The summed E-state index contributed by atoms with van der Waals surface area (Å²) in [7, 11) is 0. The Hall–Kier alpha value is -1.58. The topological polar surface area (TPSA) is 118 Å². The third kappa shape index (κ3) is 2.35. The SMILES string of the molecule is C=C1CC(=O)/C=C(/C)C[C@@H]2OC(=O)[C@]3(O[C@@H]23)[C@H]2CC([C@@]3(C)CO3)[C@H](O)[C@]1(O)O2. The smallest absolute Gasteiger partial charge is 0.344 e. The fourth-order valence-electron chi connectivity index (χ4n) is 5.00. The number of aliphatic hydroxyl groups is 2. The molecular weight excluding hydrogens is 368 g/mol. The molecule has 4 fully saturated rings. The Morgan fingerprint density at radius 2 is 2.00 bits per heavy atom. The normalized spacial score (nSPS) is 54.6. The predicted octanol–water partition coefficient (Wildman–Crippen LogP) is 0.158. The third-order valence-corrected chi connectivity index (χ3v) is 6.86. The second kappa shape index (κ2) is 5.52. The first-order valence-electron chi connectivity index (χ1n) is 9.59. The summed E-state index contributed by atoms with van der Waals surface area (Å²) in [5, 5.41) is 22.3. The number of esters is 1. The number of hydrogen-bond acceptors (Lipinski definition) is 8. The number of hydrogen-bond donors (Lipinski definition) is 2. The van der Waals surface area contributed by atoms with Crippen molar-refractivity contribution >= 4 is 11.8 Å². The Labute approximate surface area is 162 Å². The zero-order valence-electron chi connectivity index (χ0n) is 15.8. The summed E-state index contributed by atoms with van der Waals surface area (Å²) in [5.74, 6) is -3.51. The molecular formula is C20H24O8. The minimum Gasteiger partial charge on any atom is -0.457 e. The first-order valence-corrected chi connectivity index (χ1v) is 9.59. The molecule has 8 heteroatoms. The lowest BCUT2D eigenvalue weighted by Gasteiger charge is -2.47. The molecule has 0 aliphatic carbocycles. The largest absolute Gasteiger partial charge is 0.457 e. The molecule has 0 amide bonds. The van der Waals surface area contributed by atoms with Crippen molar-refractivity contribution in [2.75, 3.05) is 6.61 Å². The molecule has 0 aromatic rings. The Kier molecular flexibility index (Phi) is 3.63. The van der Waals surface area contributed by atoms with Gasteiger partial charge in [-0.3, -0.25) is 4.79 Å². The summed E-state index contributed by atoms with van der Waals surface area (Å²) in [6.45, 7) is 7.88. The van der Waals surface area contributed by atoms with Gasteiger partial charge in [-0.2, -0.15) is 0 Å². The second-order valence-electron chi connectivity index (χ2n) is 8.91. The molecule has 0 spiro atoms. The summed E-state index contributed by atoms with van der Waals surface area (Å²) in [6, 6.07) is 0. The molecule has 1 unspecified atom stereocenters. The Morgan fingerprint density at radius 1 is 1.29 bits per heavy atom. The Bertz CT molecular complexity index is 813. The number of carbonyl (C=O) groups is 2. The molecule has 0 aromatic carbocycles. The fraction of sp³-hybridized carbons (Fsp3) is 0.700. The molecule has 5 aliphatic heterocycles. The van der Waals surface area contributed by atoms with E-state index in [9.17, 15) is 19.8 Å². The molecule has 5 rings (SSSR count). The lowest BCUT2D eigenvalue weighted by molar-refractivity contribution is -0.306. The number of aliphatic hydroxyl groups excluding tert-OH is 1. The lowest BCUT2D eigenvalue weighted by Crippen LogP contribution is -2.63. The Balaban J connectivity index is 1.60. The van der Waals surface area contributed by atoms with Gasteiger partial charge >= 0.3 is 5.97 Å². The van der Waals surface area contributed by atoms with Crippen molar-refractivity contribution in [2.24, 2.45) is 5.92 Å². The quantitative estimate of drug-likeness (QED) is 0.368. The first-order chi connectivity index (χ1) is 13.1. The van der Waals surface area contributed by atoms with Crippen LogP contribution in [0.1, 0.15) is 33.1 Å². The third-order valence-electron chi connectivity index (χ3n) is 6.86. The highest BCUT2D eigenvalue weighted by Crippen LogP contribution is 2.58. The van der Waals surface area contributed by atoms with Gasteiger partial charge in [0, 0.05) is 18.8 Å². The number of fused-ring (bicyclic) bond motifs is 2. The van der Waals surface area contributed by atoms with Crippen LogP contribution in [-0.4, -0.2) is 70.0 Å². The van der Waals surface area contributed by atoms with E-state index in [0.29, 0.717) is 13.0 Å². The average molecular weight is 392 g/mol. The molecule has 2 N–H and O–H groups in total. The van der Waals surface area contributed by atoms with E-state index in [4.69, 9.17) is 18.9 Å². The standard InChI is InChI=1S/C20H24O8/c1-9-4-11(21)6-10(2)20(24)15(22)12(18(3)8-25-18)7-14(27-20)19-16(28-19)13(5-9)26-17(19)23/h4,12-16,22,24H,2,5-8H2,1,3H3/b9-4-/t12?,13-,14+,15-,16-,18+,19-,20+/m0/s1. The van der Waals surface area contributed by atoms with Gasteiger partial charge in [0.1, 0.15) is 24.4 Å². The number of rotatable bonds is 1. The monoisotopic (exact) mass is 392 g/mol. The molecule has 0 radical (unpaired) electrons. The van der Waals surface area contributed by atoms with Gasteiger partial charge in [0.2, 0.25) is 11.4 Å². The van der Waals surface area contributed by atoms with Crippen molar-refractivity contribution < 1.29 is 38.7 Å². The van der Waals surface area contributed by atoms with Gasteiger partial charge in [0.05, 0.1) is 12.2 Å². The van der Waals surface area contributed by atoms with Crippen molar-refractivity contribution in [1.29, 1.82) is 0 Å². The zero-order chi connectivity index (χ0) is 20.1. The summed E-state index contributed by atoms with van der Waals surface area (Å²) in [5.41, 5.74) is -1.15. The number of ketones is 1. The Morgan fingerprint density at radius 3 is 2.64 bits per heavy atom. The summed E-state index contributed by atoms with van der Waals surface area (Å²) >= 11 is 0. The van der Waals surface area contributed by atoms with Gasteiger partial charge < -0.3 is 29.2 Å². The molecule has 8 nitrogen and oxygen atoms in total. The van der Waals surface area contributed by atoms with Crippen LogP contribution >= 0.6 is 0 Å². The van der Waals surface area contributed by atoms with Crippen LogP contribution in [0.5, 0.6) is 0 Å². The van der Waals surface area contributed by atoms with Crippen LogP contribution in [0.25, 0.3) is 0 Å². The molecule has 5 aliphatic rings. The van der Waals surface area contributed by atoms with Crippen molar-refractivity contribution in [3.63, 3.8) is 0 Å². The molecule has 0 aromatic heterocycles. The summed E-state index contributed by atoms with van der Waals surface area (Å²) in [6.07, 6.45) is -1.30. The maximum Gasteiger partial charge on any atom is 0.344 e. The molecule has 4 saturated heterocycles. The average Bonchev–Trinajstić information content (AvgIpc) is 3.50. The van der Waals surface area contributed by atoms with Gasteiger partial charge in [-0.25, -0.2) is 4.79 Å².